The van der Waals surface area contributed by atoms with E-state index in [2.05, 4.69) is 5.32 Å². The second-order valence-corrected chi connectivity index (χ2v) is 4.20. The second-order valence-electron chi connectivity index (χ2n) is 4.20. The van der Waals surface area contributed by atoms with Gasteiger partial charge in [0.2, 0.25) is 11.8 Å². The third-order valence-electron chi connectivity index (χ3n) is 2.76. The van der Waals surface area contributed by atoms with Crippen LogP contribution in [0.1, 0.15) is 20.3 Å². The van der Waals surface area contributed by atoms with Crippen LogP contribution < -0.4 is 11.1 Å². The summed E-state index contributed by atoms with van der Waals surface area (Å²) in [4.78, 5) is 25.3. The largest absolute Gasteiger partial charge is 0.378 e. The summed E-state index contributed by atoms with van der Waals surface area (Å²) in [5.74, 6) is -0.344. The lowest BCUT2D eigenvalue weighted by Crippen LogP contribution is -2.53. The van der Waals surface area contributed by atoms with Gasteiger partial charge in [0.1, 0.15) is 6.04 Å². The number of hydrogen-bond acceptors (Lipinski definition) is 4. The molecule has 0 bridgehead atoms. The maximum absolute atomic E-state index is 12.1. The normalized spacial score (nSPS) is 18.5. The highest BCUT2D eigenvalue weighted by Gasteiger charge is 2.26. The Morgan fingerprint density at radius 2 is 1.94 bits per heavy atom. The van der Waals surface area contributed by atoms with E-state index in [4.69, 9.17) is 10.5 Å². The third-order valence-corrected chi connectivity index (χ3v) is 2.76. The van der Waals surface area contributed by atoms with Gasteiger partial charge in [0.15, 0.2) is 0 Å². The average molecular weight is 280 g/mol. The Morgan fingerprint density at radius 1 is 1.39 bits per heavy atom. The Hall–Kier alpha value is -0.850. The van der Waals surface area contributed by atoms with Gasteiger partial charge in [-0.2, -0.15) is 0 Å². The smallest absolute Gasteiger partial charge is 0.245 e. The van der Waals surface area contributed by atoms with E-state index in [0.717, 1.165) is 0 Å². The predicted octanol–water partition coefficient (Wildman–Crippen LogP) is -0.491. The summed E-state index contributed by atoms with van der Waals surface area (Å²) in [6.07, 6.45) is 0.564. The van der Waals surface area contributed by atoms with Gasteiger partial charge in [-0.15, -0.1) is 12.4 Å². The van der Waals surface area contributed by atoms with Crippen molar-refractivity contribution in [3.05, 3.63) is 0 Å². The molecular weight excluding hydrogens is 258 g/mol. The minimum absolute atomic E-state index is 0. The molecule has 0 saturated carbocycles. The molecule has 1 heterocycles. The Morgan fingerprint density at radius 3 is 2.39 bits per heavy atom. The van der Waals surface area contributed by atoms with Gasteiger partial charge < -0.3 is 20.7 Å². The van der Waals surface area contributed by atoms with Gasteiger partial charge >= 0.3 is 0 Å². The van der Waals surface area contributed by atoms with Crippen molar-refractivity contribution in [2.45, 2.75) is 32.4 Å². The average Bonchev–Trinajstić information content (AvgIpc) is 2.35. The number of nitrogens with two attached hydrogens (primary N) is 1. The van der Waals surface area contributed by atoms with Crippen LogP contribution in [0.25, 0.3) is 0 Å². The van der Waals surface area contributed by atoms with Crippen molar-refractivity contribution < 1.29 is 14.3 Å². The first-order chi connectivity index (χ1) is 8.06. The van der Waals surface area contributed by atoms with Crippen LogP contribution in [0, 0.1) is 0 Å². The van der Waals surface area contributed by atoms with Crippen molar-refractivity contribution in [3.8, 4) is 0 Å². The number of carbonyl (C=O) groups excluding carboxylic acids is 2. The SMILES string of the molecule is CCC(NC(=O)[C@H](C)N)C(=O)N1CCOCC1.Cl. The molecule has 0 aromatic carbocycles. The molecule has 0 aromatic heterocycles. The van der Waals surface area contributed by atoms with Crippen molar-refractivity contribution in [2.24, 2.45) is 5.73 Å². The van der Waals surface area contributed by atoms with Crippen molar-refractivity contribution in [1.29, 1.82) is 0 Å². The Kier molecular flexibility index (Phi) is 7.90. The van der Waals surface area contributed by atoms with E-state index in [0.29, 0.717) is 32.7 Å². The molecule has 106 valence electrons. The van der Waals surface area contributed by atoms with E-state index < -0.39 is 12.1 Å². The first-order valence-corrected chi connectivity index (χ1v) is 5.98. The van der Waals surface area contributed by atoms with Crippen LogP contribution in [-0.4, -0.2) is 55.1 Å². The molecule has 3 N–H and O–H groups in total. The molecular formula is C11H22ClN3O3. The fourth-order valence-electron chi connectivity index (χ4n) is 1.65. The Bertz CT molecular complexity index is 281. The van der Waals surface area contributed by atoms with Gasteiger partial charge in [0.25, 0.3) is 0 Å². The lowest BCUT2D eigenvalue weighted by atomic mass is 10.1. The minimum Gasteiger partial charge on any atom is -0.378 e. The molecule has 6 nitrogen and oxygen atoms in total. The van der Waals surface area contributed by atoms with E-state index in [1.807, 2.05) is 6.92 Å². The number of rotatable bonds is 4. The minimum atomic E-state index is -0.596. The van der Waals surface area contributed by atoms with Gasteiger partial charge in [-0.25, -0.2) is 0 Å². The van der Waals surface area contributed by atoms with Crippen molar-refractivity contribution >= 4 is 24.2 Å². The fraction of sp³-hybridized carbons (Fsp3) is 0.818. The molecule has 1 saturated heterocycles. The van der Waals surface area contributed by atoms with Crippen molar-refractivity contribution in [1.82, 2.24) is 10.2 Å². The number of ether oxygens (including phenoxy) is 1. The maximum Gasteiger partial charge on any atom is 0.245 e. The van der Waals surface area contributed by atoms with Crippen LogP contribution in [0.4, 0.5) is 0 Å². The van der Waals surface area contributed by atoms with E-state index in [1.54, 1.807) is 11.8 Å². The maximum atomic E-state index is 12.1. The molecule has 7 heteroatoms. The summed E-state index contributed by atoms with van der Waals surface area (Å²) in [6, 6.07) is -1.08. The molecule has 18 heavy (non-hydrogen) atoms. The van der Waals surface area contributed by atoms with Crippen LogP contribution >= 0.6 is 12.4 Å². The predicted molar refractivity (Wildman–Crippen MR) is 70.5 cm³/mol. The number of hydrogen-bond donors (Lipinski definition) is 2. The van der Waals surface area contributed by atoms with Crippen LogP contribution in [0.15, 0.2) is 0 Å². The summed E-state index contributed by atoms with van der Waals surface area (Å²) < 4.78 is 5.18. The lowest BCUT2D eigenvalue weighted by Gasteiger charge is -2.30. The lowest BCUT2D eigenvalue weighted by molar-refractivity contribution is -0.140. The monoisotopic (exact) mass is 279 g/mol. The van der Waals surface area contributed by atoms with Gasteiger partial charge in [0.05, 0.1) is 19.3 Å². The molecule has 0 aliphatic carbocycles. The molecule has 2 amide bonds. The molecule has 0 radical (unpaired) electrons. The summed E-state index contributed by atoms with van der Waals surface area (Å²) in [7, 11) is 0. The first kappa shape index (κ1) is 17.2. The zero-order valence-electron chi connectivity index (χ0n) is 10.8. The van der Waals surface area contributed by atoms with Crippen LogP contribution in [0.2, 0.25) is 0 Å². The molecule has 1 unspecified atom stereocenters. The van der Waals surface area contributed by atoms with Gasteiger partial charge in [-0.3, -0.25) is 9.59 Å². The quantitative estimate of drug-likeness (QED) is 0.727. The number of nitrogens with zero attached hydrogens (tertiary/aromatic N) is 1. The van der Waals surface area contributed by atoms with Gasteiger partial charge in [-0.05, 0) is 13.3 Å². The van der Waals surface area contributed by atoms with Crippen molar-refractivity contribution in [3.63, 3.8) is 0 Å². The van der Waals surface area contributed by atoms with Gasteiger partial charge in [-0.1, -0.05) is 6.92 Å². The third kappa shape index (κ3) is 4.80. The summed E-state index contributed by atoms with van der Waals surface area (Å²) in [5, 5.41) is 2.67. The van der Waals surface area contributed by atoms with Crippen LogP contribution in [-0.2, 0) is 14.3 Å². The number of halogens is 1. The van der Waals surface area contributed by atoms with E-state index >= 15 is 0 Å². The van der Waals surface area contributed by atoms with Crippen LogP contribution in [0.3, 0.4) is 0 Å². The molecule has 0 aromatic rings. The highest BCUT2D eigenvalue weighted by Crippen LogP contribution is 2.03. The highest BCUT2D eigenvalue weighted by atomic mass is 35.5. The molecule has 1 aliphatic heterocycles. The number of nitrogens with one attached hydrogen (secondary N) is 1. The van der Waals surface area contributed by atoms with E-state index in [-0.39, 0.29) is 24.2 Å². The molecule has 2 atom stereocenters. The summed E-state index contributed by atoms with van der Waals surface area (Å²) in [6.45, 7) is 5.76. The Balaban J connectivity index is 0.00000289. The summed E-state index contributed by atoms with van der Waals surface area (Å²) >= 11 is 0. The first-order valence-electron chi connectivity index (χ1n) is 5.98. The van der Waals surface area contributed by atoms with Crippen molar-refractivity contribution in [2.75, 3.05) is 26.3 Å². The molecule has 1 aliphatic rings. The zero-order valence-corrected chi connectivity index (χ0v) is 11.7. The van der Waals surface area contributed by atoms with Crippen LogP contribution in [0.5, 0.6) is 0 Å². The highest BCUT2D eigenvalue weighted by molar-refractivity contribution is 5.89. The second kappa shape index (κ2) is 8.29. The summed E-state index contributed by atoms with van der Waals surface area (Å²) in [5.41, 5.74) is 5.46. The zero-order chi connectivity index (χ0) is 12.8. The van der Waals surface area contributed by atoms with E-state index in [1.165, 1.54) is 0 Å². The number of amides is 2. The van der Waals surface area contributed by atoms with E-state index in [9.17, 15) is 9.59 Å². The number of morpholine rings is 1. The van der Waals surface area contributed by atoms with Gasteiger partial charge in [0, 0.05) is 13.1 Å². The number of carbonyl (C=O) groups is 2. The molecule has 1 fully saturated rings. The molecule has 1 rings (SSSR count). The fourth-order valence-corrected chi connectivity index (χ4v) is 1.65. The topological polar surface area (TPSA) is 84.7 Å². The Labute approximate surface area is 114 Å². The molecule has 0 spiro atoms. The standard InChI is InChI=1S/C11H21N3O3.ClH/c1-3-9(13-10(15)8(2)12)11(16)14-4-6-17-7-5-14;/h8-9H,3-7,12H2,1-2H3,(H,13,15);1H/t8-,9?;/m0./s1.